The Morgan fingerprint density at radius 3 is 2.20 bits per heavy atom. The van der Waals surface area contributed by atoms with Crippen LogP contribution >= 0.6 is 11.6 Å². The monoisotopic (exact) mass is 224 g/mol. The molecule has 15 heavy (non-hydrogen) atoms. The SMILES string of the molecule is CCc1ccc(CCCC(Cl)CC)cc1. The molecule has 1 unspecified atom stereocenters. The van der Waals surface area contributed by atoms with Crippen LogP contribution in [0, 0.1) is 0 Å². The minimum atomic E-state index is 0.361. The van der Waals surface area contributed by atoms with E-state index in [0.29, 0.717) is 5.38 Å². The maximum Gasteiger partial charge on any atom is 0.0333 e. The molecule has 0 nitrogen and oxygen atoms in total. The number of hydrogen-bond acceptors (Lipinski definition) is 0. The zero-order chi connectivity index (χ0) is 11.1. The Balaban J connectivity index is 2.31. The highest BCUT2D eigenvalue weighted by Crippen LogP contribution is 2.13. The third kappa shape index (κ3) is 4.70. The summed E-state index contributed by atoms with van der Waals surface area (Å²) in [6.07, 6.45) is 5.70. The van der Waals surface area contributed by atoms with Gasteiger partial charge in [-0.05, 0) is 43.2 Å². The van der Waals surface area contributed by atoms with E-state index in [4.69, 9.17) is 11.6 Å². The van der Waals surface area contributed by atoms with E-state index in [0.717, 1.165) is 25.7 Å². The minimum absolute atomic E-state index is 0.361. The van der Waals surface area contributed by atoms with Crippen molar-refractivity contribution in [1.82, 2.24) is 0 Å². The van der Waals surface area contributed by atoms with Crippen LogP contribution < -0.4 is 0 Å². The Morgan fingerprint density at radius 2 is 1.67 bits per heavy atom. The molecule has 0 N–H and O–H groups in total. The van der Waals surface area contributed by atoms with Crippen molar-refractivity contribution in [2.45, 2.75) is 51.3 Å². The first-order valence-corrected chi connectivity index (χ1v) is 6.41. The smallest absolute Gasteiger partial charge is 0.0333 e. The lowest BCUT2D eigenvalue weighted by Gasteiger charge is -2.06. The average molecular weight is 225 g/mol. The van der Waals surface area contributed by atoms with Crippen molar-refractivity contribution in [3.05, 3.63) is 35.4 Å². The molecule has 84 valence electrons. The first-order chi connectivity index (χ1) is 7.26. The van der Waals surface area contributed by atoms with Crippen LogP contribution in [0.1, 0.15) is 44.2 Å². The summed E-state index contributed by atoms with van der Waals surface area (Å²) in [5.74, 6) is 0. The van der Waals surface area contributed by atoms with Crippen LogP contribution in [0.25, 0.3) is 0 Å². The summed E-state index contributed by atoms with van der Waals surface area (Å²) in [5.41, 5.74) is 2.86. The quantitative estimate of drug-likeness (QED) is 0.620. The van der Waals surface area contributed by atoms with Gasteiger partial charge in [0, 0.05) is 5.38 Å². The third-order valence-electron chi connectivity index (χ3n) is 2.86. The normalized spacial score (nSPS) is 12.7. The van der Waals surface area contributed by atoms with Gasteiger partial charge in [0.15, 0.2) is 0 Å². The highest BCUT2D eigenvalue weighted by molar-refractivity contribution is 6.20. The highest BCUT2D eigenvalue weighted by atomic mass is 35.5. The largest absolute Gasteiger partial charge is 0.123 e. The number of alkyl halides is 1. The Kier molecular flexibility index (Phi) is 5.78. The molecule has 0 fully saturated rings. The van der Waals surface area contributed by atoms with E-state index in [1.54, 1.807) is 0 Å². The molecule has 1 atom stereocenters. The second-order valence-electron chi connectivity index (χ2n) is 4.07. The molecule has 0 spiro atoms. The first-order valence-electron chi connectivity index (χ1n) is 5.98. The topological polar surface area (TPSA) is 0 Å². The number of aryl methyl sites for hydroxylation is 2. The Bertz CT molecular complexity index is 263. The molecule has 0 amide bonds. The predicted octanol–water partition coefficient (Wildman–Crippen LogP) is 4.59. The molecule has 1 aromatic rings. The lowest BCUT2D eigenvalue weighted by molar-refractivity contribution is 0.674. The molecule has 1 rings (SSSR count). The van der Waals surface area contributed by atoms with Crippen molar-refractivity contribution < 1.29 is 0 Å². The molecule has 0 aliphatic heterocycles. The maximum absolute atomic E-state index is 6.08. The summed E-state index contributed by atoms with van der Waals surface area (Å²) >= 11 is 6.08. The van der Waals surface area contributed by atoms with Gasteiger partial charge in [0.1, 0.15) is 0 Å². The van der Waals surface area contributed by atoms with E-state index in [2.05, 4.69) is 38.1 Å². The zero-order valence-corrected chi connectivity index (χ0v) is 10.6. The standard InChI is InChI=1S/C14H21Cl/c1-3-12-8-10-13(11-9-12)6-5-7-14(15)4-2/h8-11,14H,3-7H2,1-2H3. The van der Waals surface area contributed by atoms with Crippen LogP contribution in [0.4, 0.5) is 0 Å². The van der Waals surface area contributed by atoms with Crippen LogP contribution in [0.5, 0.6) is 0 Å². The zero-order valence-electron chi connectivity index (χ0n) is 9.80. The first kappa shape index (κ1) is 12.6. The van der Waals surface area contributed by atoms with Gasteiger partial charge in [0.25, 0.3) is 0 Å². The molecule has 0 aliphatic carbocycles. The number of benzene rings is 1. The van der Waals surface area contributed by atoms with E-state index in [1.807, 2.05) is 0 Å². The summed E-state index contributed by atoms with van der Waals surface area (Å²) in [6, 6.07) is 8.95. The fourth-order valence-corrected chi connectivity index (χ4v) is 1.83. The number of halogens is 1. The van der Waals surface area contributed by atoms with E-state index in [-0.39, 0.29) is 0 Å². The molecule has 1 aromatic carbocycles. The van der Waals surface area contributed by atoms with Gasteiger partial charge in [-0.3, -0.25) is 0 Å². The average Bonchev–Trinajstić information content (AvgIpc) is 2.29. The summed E-state index contributed by atoms with van der Waals surface area (Å²) < 4.78 is 0. The molecular formula is C14H21Cl. The van der Waals surface area contributed by atoms with Crippen LogP contribution in [-0.4, -0.2) is 5.38 Å². The van der Waals surface area contributed by atoms with Crippen molar-refractivity contribution in [2.24, 2.45) is 0 Å². The van der Waals surface area contributed by atoms with Crippen molar-refractivity contribution in [3.63, 3.8) is 0 Å². The van der Waals surface area contributed by atoms with Crippen LogP contribution in [0.15, 0.2) is 24.3 Å². The van der Waals surface area contributed by atoms with Gasteiger partial charge in [-0.2, -0.15) is 0 Å². The van der Waals surface area contributed by atoms with E-state index >= 15 is 0 Å². The summed E-state index contributed by atoms with van der Waals surface area (Å²) in [7, 11) is 0. The van der Waals surface area contributed by atoms with Gasteiger partial charge in [0.2, 0.25) is 0 Å². The molecule has 0 saturated heterocycles. The minimum Gasteiger partial charge on any atom is -0.123 e. The van der Waals surface area contributed by atoms with Crippen LogP contribution in [-0.2, 0) is 12.8 Å². The fourth-order valence-electron chi connectivity index (χ4n) is 1.67. The van der Waals surface area contributed by atoms with Crippen molar-refractivity contribution >= 4 is 11.6 Å². The summed E-state index contributed by atoms with van der Waals surface area (Å²) in [4.78, 5) is 0. The van der Waals surface area contributed by atoms with Crippen LogP contribution in [0.2, 0.25) is 0 Å². The lowest BCUT2D eigenvalue weighted by atomic mass is 10.0. The molecule has 0 radical (unpaired) electrons. The summed E-state index contributed by atoms with van der Waals surface area (Å²) in [5, 5.41) is 0.361. The van der Waals surface area contributed by atoms with Gasteiger partial charge in [-0.1, -0.05) is 38.1 Å². The second kappa shape index (κ2) is 6.90. The van der Waals surface area contributed by atoms with Gasteiger partial charge in [0.05, 0.1) is 0 Å². The van der Waals surface area contributed by atoms with Gasteiger partial charge in [-0.15, -0.1) is 11.6 Å². The highest BCUT2D eigenvalue weighted by Gasteiger charge is 2.01. The Labute approximate surface area is 98.7 Å². The number of hydrogen-bond donors (Lipinski definition) is 0. The van der Waals surface area contributed by atoms with Crippen molar-refractivity contribution in [1.29, 1.82) is 0 Å². The third-order valence-corrected chi connectivity index (χ3v) is 3.38. The molecule has 0 aliphatic rings. The molecule has 0 bridgehead atoms. The van der Waals surface area contributed by atoms with E-state index in [1.165, 1.54) is 17.5 Å². The Morgan fingerprint density at radius 1 is 1.07 bits per heavy atom. The van der Waals surface area contributed by atoms with Gasteiger partial charge < -0.3 is 0 Å². The van der Waals surface area contributed by atoms with Crippen molar-refractivity contribution in [2.75, 3.05) is 0 Å². The van der Waals surface area contributed by atoms with E-state index < -0.39 is 0 Å². The van der Waals surface area contributed by atoms with Crippen LogP contribution in [0.3, 0.4) is 0 Å². The molecule has 0 saturated carbocycles. The lowest BCUT2D eigenvalue weighted by Crippen LogP contribution is -1.97. The summed E-state index contributed by atoms with van der Waals surface area (Å²) in [6.45, 7) is 4.34. The molecular weight excluding hydrogens is 204 g/mol. The maximum atomic E-state index is 6.08. The second-order valence-corrected chi connectivity index (χ2v) is 4.69. The Hall–Kier alpha value is -0.490. The predicted molar refractivity (Wildman–Crippen MR) is 68.7 cm³/mol. The van der Waals surface area contributed by atoms with Gasteiger partial charge in [-0.25, -0.2) is 0 Å². The number of rotatable bonds is 6. The fraction of sp³-hybridized carbons (Fsp3) is 0.571. The van der Waals surface area contributed by atoms with Crippen molar-refractivity contribution in [3.8, 4) is 0 Å². The molecule has 0 heterocycles. The molecule has 0 aromatic heterocycles. The molecule has 1 heteroatoms. The van der Waals surface area contributed by atoms with E-state index in [9.17, 15) is 0 Å². The van der Waals surface area contributed by atoms with Gasteiger partial charge >= 0.3 is 0 Å².